The van der Waals surface area contributed by atoms with Crippen LogP contribution in [0.3, 0.4) is 0 Å². The summed E-state index contributed by atoms with van der Waals surface area (Å²) >= 11 is 0. The molecule has 0 fully saturated rings. The zero-order valence-electron chi connectivity index (χ0n) is 9.48. The molecule has 0 saturated carbocycles. The molecule has 0 bridgehead atoms. The Balaban J connectivity index is 3.53. The van der Waals surface area contributed by atoms with Gasteiger partial charge in [-0.15, -0.1) is 0 Å². The van der Waals surface area contributed by atoms with Gasteiger partial charge in [0.25, 0.3) is 0 Å². The molecule has 0 aromatic rings. The molecule has 0 saturated heterocycles. The van der Waals surface area contributed by atoms with Crippen LogP contribution in [-0.4, -0.2) is 0 Å². The Bertz CT molecular complexity index is 94.2. The van der Waals surface area contributed by atoms with E-state index >= 15 is 0 Å². The second-order valence-corrected chi connectivity index (χ2v) is 4.48. The SMILES string of the molecule is CCCC[C](C)C(C)CC(C)C. The van der Waals surface area contributed by atoms with Gasteiger partial charge in [0.2, 0.25) is 0 Å². The molecule has 0 aromatic carbocycles. The minimum Gasteiger partial charge on any atom is -0.0654 e. The van der Waals surface area contributed by atoms with Crippen LogP contribution in [0.15, 0.2) is 0 Å². The molecule has 0 amide bonds. The number of rotatable bonds is 6. The van der Waals surface area contributed by atoms with E-state index in [0.29, 0.717) is 0 Å². The number of hydrogen-bond donors (Lipinski definition) is 0. The van der Waals surface area contributed by atoms with Gasteiger partial charge < -0.3 is 0 Å². The Morgan fingerprint density at radius 3 is 2.17 bits per heavy atom. The molecule has 0 nitrogen and oxygen atoms in total. The van der Waals surface area contributed by atoms with Crippen molar-refractivity contribution in [3.8, 4) is 0 Å². The van der Waals surface area contributed by atoms with Crippen LogP contribution in [0, 0.1) is 17.8 Å². The van der Waals surface area contributed by atoms with Crippen molar-refractivity contribution >= 4 is 0 Å². The topological polar surface area (TPSA) is 0 Å². The van der Waals surface area contributed by atoms with E-state index in [4.69, 9.17) is 0 Å². The summed E-state index contributed by atoms with van der Waals surface area (Å²) in [6.07, 6.45) is 5.39. The Hall–Kier alpha value is 0. The average Bonchev–Trinajstić information content (AvgIpc) is 1.98. The minimum absolute atomic E-state index is 0.830. The normalized spacial score (nSPS) is 14.2. The second kappa shape index (κ2) is 6.51. The Labute approximate surface area is 78.8 Å². The van der Waals surface area contributed by atoms with Gasteiger partial charge in [0.1, 0.15) is 0 Å². The van der Waals surface area contributed by atoms with Crippen LogP contribution in [0.1, 0.15) is 60.3 Å². The molecule has 0 aliphatic heterocycles. The Morgan fingerprint density at radius 1 is 1.17 bits per heavy atom. The highest BCUT2D eigenvalue weighted by atomic mass is 14.2. The van der Waals surface area contributed by atoms with Gasteiger partial charge in [-0.1, -0.05) is 47.5 Å². The smallest absolute Gasteiger partial charge is 0.0244 e. The van der Waals surface area contributed by atoms with Crippen molar-refractivity contribution in [2.45, 2.75) is 60.3 Å². The van der Waals surface area contributed by atoms with Crippen LogP contribution in [0.25, 0.3) is 0 Å². The van der Waals surface area contributed by atoms with Gasteiger partial charge in [-0.2, -0.15) is 0 Å². The summed E-state index contributed by atoms with van der Waals surface area (Å²) in [7, 11) is 0. The molecular weight excluding hydrogens is 144 g/mol. The monoisotopic (exact) mass is 169 g/mol. The van der Waals surface area contributed by atoms with Gasteiger partial charge in [-0.25, -0.2) is 0 Å². The first-order chi connectivity index (χ1) is 5.57. The van der Waals surface area contributed by atoms with Crippen molar-refractivity contribution in [2.24, 2.45) is 11.8 Å². The lowest BCUT2D eigenvalue weighted by Gasteiger charge is -2.20. The predicted molar refractivity (Wildman–Crippen MR) is 57.1 cm³/mol. The third kappa shape index (κ3) is 5.62. The highest BCUT2D eigenvalue weighted by molar-refractivity contribution is 4.89. The van der Waals surface area contributed by atoms with E-state index in [2.05, 4.69) is 34.6 Å². The molecule has 1 atom stereocenters. The first-order valence-corrected chi connectivity index (χ1v) is 5.40. The maximum atomic E-state index is 2.37. The number of hydrogen-bond acceptors (Lipinski definition) is 0. The predicted octanol–water partition coefficient (Wildman–Crippen LogP) is 4.45. The summed E-state index contributed by atoms with van der Waals surface area (Å²) in [5.74, 6) is 3.37. The summed E-state index contributed by atoms with van der Waals surface area (Å²) in [6, 6.07) is 0. The fraction of sp³-hybridized carbons (Fsp3) is 0.917. The summed E-state index contributed by atoms with van der Waals surface area (Å²) in [5.41, 5.74) is 0. The van der Waals surface area contributed by atoms with Gasteiger partial charge in [0, 0.05) is 0 Å². The molecule has 0 heteroatoms. The van der Waals surface area contributed by atoms with E-state index in [0.717, 1.165) is 11.8 Å². The molecule has 0 rings (SSSR count). The number of unbranched alkanes of at least 4 members (excludes halogenated alkanes) is 1. The van der Waals surface area contributed by atoms with Gasteiger partial charge >= 0.3 is 0 Å². The standard InChI is InChI=1S/C12H25/c1-6-7-8-11(4)12(5)9-10(2)3/h10,12H,6-9H2,1-5H3. The van der Waals surface area contributed by atoms with Gasteiger partial charge in [-0.05, 0) is 30.6 Å². The third-order valence-electron chi connectivity index (χ3n) is 2.59. The van der Waals surface area contributed by atoms with Crippen LogP contribution >= 0.6 is 0 Å². The molecule has 1 radical (unpaired) electrons. The molecule has 0 aliphatic carbocycles. The summed E-state index contributed by atoms with van der Waals surface area (Å²) in [6.45, 7) is 11.6. The fourth-order valence-corrected chi connectivity index (χ4v) is 1.61. The molecule has 12 heavy (non-hydrogen) atoms. The van der Waals surface area contributed by atoms with Crippen LogP contribution in [0.4, 0.5) is 0 Å². The van der Waals surface area contributed by atoms with Crippen molar-refractivity contribution in [1.29, 1.82) is 0 Å². The Kier molecular flexibility index (Phi) is 6.51. The lowest BCUT2D eigenvalue weighted by atomic mass is 9.85. The van der Waals surface area contributed by atoms with E-state index in [1.54, 1.807) is 5.92 Å². The van der Waals surface area contributed by atoms with E-state index in [-0.39, 0.29) is 0 Å². The first-order valence-electron chi connectivity index (χ1n) is 5.40. The van der Waals surface area contributed by atoms with E-state index < -0.39 is 0 Å². The molecule has 0 N–H and O–H groups in total. The van der Waals surface area contributed by atoms with Crippen molar-refractivity contribution < 1.29 is 0 Å². The zero-order chi connectivity index (χ0) is 9.56. The average molecular weight is 169 g/mol. The van der Waals surface area contributed by atoms with E-state index in [9.17, 15) is 0 Å². The fourth-order valence-electron chi connectivity index (χ4n) is 1.61. The third-order valence-corrected chi connectivity index (χ3v) is 2.59. The lowest BCUT2D eigenvalue weighted by Crippen LogP contribution is -2.08. The van der Waals surface area contributed by atoms with Crippen LogP contribution in [0.5, 0.6) is 0 Å². The van der Waals surface area contributed by atoms with E-state index in [1.165, 1.54) is 25.7 Å². The molecular formula is C12H25. The molecule has 73 valence electrons. The van der Waals surface area contributed by atoms with Crippen LogP contribution < -0.4 is 0 Å². The van der Waals surface area contributed by atoms with Gasteiger partial charge in [-0.3, -0.25) is 0 Å². The van der Waals surface area contributed by atoms with Crippen molar-refractivity contribution in [1.82, 2.24) is 0 Å². The quantitative estimate of drug-likeness (QED) is 0.551. The van der Waals surface area contributed by atoms with Crippen molar-refractivity contribution in [3.05, 3.63) is 5.92 Å². The maximum absolute atomic E-state index is 2.37. The molecule has 0 heterocycles. The molecule has 0 aliphatic rings. The highest BCUT2D eigenvalue weighted by Gasteiger charge is 2.13. The highest BCUT2D eigenvalue weighted by Crippen LogP contribution is 2.25. The zero-order valence-corrected chi connectivity index (χ0v) is 9.48. The van der Waals surface area contributed by atoms with Gasteiger partial charge in [0.05, 0.1) is 0 Å². The largest absolute Gasteiger partial charge is 0.0654 e. The second-order valence-electron chi connectivity index (χ2n) is 4.48. The summed E-state index contributed by atoms with van der Waals surface area (Å²) < 4.78 is 0. The molecule has 0 aromatic heterocycles. The first kappa shape index (κ1) is 12.0. The minimum atomic E-state index is 0.830. The van der Waals surface area contributed by atoms with Crippen molar-refractivity contribution in [3.63, 3.8) is 0 Å². The summed E-state index contributed by atoms with van der Waals surface area (Å²) in [4.78, 5) is 0. The van der Waals surface area contributed by atoms with Crippen LogP contribution in [-0.2, 0) is 0 Å². The maximum Gasteiger partial charge on any atom is -0.0244 e. The molecule has 0 spiro atoms. The lowest BCUT2D eigenvalue weighted by molar-refractivity contribution is 0.430. The summed E-state index contributed by atoms with van der Waals surface area (Å²) in [5, 5.41) is 0. The van der Waals surface area contributed by atoms with Crippen LogP contribution in [0.2, 0.25) is 0 Å². The Morgan fingerprint density at radius 2 is 1.75 bits per heavy atom. The van der Waals surface area contributed by atoms with Gasteiger partial charge in [0.15, 0.2) is 0 Å². The van der Waals surface area contributed by atoms with E-state index in [1.807, 2.05) is 0 Å². The molecule has 1 unspecified atom stereocenters. The van der Waals surface area contributed by atoms with Crippen molar-refractivity contribution in [2.75, 3.05) is 0 Å².